The van der Waals surface area contributed by atoms with Crippen LogP contribution in [0.3, 0.4) is 0 Å². The molecule has 2 N–H and O–H groups in total. The molecule has 108 valence electrons. The minimum atomic E-state index is 0.197. The highest BCUT2D eigenvalue weighted by atomic mass is 15.3. The highest BCUT2D eigenvalue weighted by Crippen LogP contribution is 2.20. The summed E-state index contributed by atoms with van der Waals surface area (Å²) in [5.41, 5.74) is 8.44. The van der Waals surface area contributed by atoms with Gasteiger partial charge in [0, 0.05) is 30.9 Å². The van der Waals surface area contributed by atoms with Crippen LogP contribution < -0.4 is 5.73 Å². The molecule has 0 aliphatic heterocycles. The van der Waals surface area contributed by atoms with E-state index >= 15 is 0 Å². The van der Waals surface area contributed by atoms with E-state index in [1.54, 1.807) is 0 Å². The zero-order chi connectivity index (χ0) is 14.5. The first-order valence-corrected chi connectivity index (χ1v) is 7.10. The van der Waals surface area contributed by atoms with Crippen molar-refractivity contribution in [1.29, 1.82) is 0 Å². The molecule has 2 aromatic rings. The van der Waals surface area contributed by atoms with Crippen molar-refractivity contribution in [1.82, 2.24) is 14.7 Å². The van der Waals surface area contributed by atoms with E-state index in [4.69, 9.17) is 5.73 Å². The number of likely N-dealkylation sites (N-methyl/N-ethyl adjacent to an activating group) is 1. The SMILES string of the molecule is CC(C)n1cc(C(CN)N(C)Cc2ccccc2)cn1. The first-order valence-electron chi connectivity index (χ1n) is 7.10. The van der Waals surface area contributed by atoms with Crippen LogP contribution in [0, 0.1) is 0 Å². The Morgan fingerprint density at radius 1 is 1.25 bits per heavy atom. The van der Waals surface area contributed by atoms with Gasteiger partial charge in [-0.15, -0.1) is 0 Å². The lowest BCUT2D eigenvalue weighted by Gasteiger charge is -2.26. The third kappa shape index (κ3) is 3.46. The molecule has 0 amide bonds. The van der Waals surface area contributed by atoms with E-state index in [0.717, 1.165) is 6.54 Å². The number of hydrogen-bond acceptors (Lipinski definition) is 3. The molecule has 0 saturated carbocycles. The summed E-state index contributed by atoms with van der Waals surface area (Å²) in [4.78, 5) is 2.27. The number of nitrogens with zero attached hydrogens (tertiary/aromatic N) is 3. The Morgan fingerprint density at radius 3 is 2.50 bits per heavy atom. The fourth-order valence-electron chi connectivity index (χ4n) is 2.36. The van der Waals surface area contributed by atoms with Gasteiger partial charge in [-0.3, -0.25) is 9.58 Å². The molecular weight excluding hydrogens is 248 g/mol. The van der Waals surface area contributed by atoms with E-state index in [1.807, 2.05) is 16.9 Å². The number of aromatic nitrogens is 2. The smallest absolute Gasteiger partial charge is 0.0538 e. The standard InChI is InChI=1S/C16H24N4/c1-13(2)20-12-15(10-18-20)16(9-17)19(3)11-14-7-5-4-6-8-14/h4-8,10,12-13,16H,9,11,17H2,1-3H3. The van der Waals surface area contributed by atoms with E-state index in [-0.39, 0.29) is 6.04 Å². The Hall–Kier alpha value is -1.65. The van der Waals surface area contributed by atoms with Gasteiger partial charge in [0.25, 0.3) is 0 Å². The van der Waals surface area contributed by atoms with Crippen molar-refractivity contribution in [2.24, 2.45) is 5.73 Å². The van der Waals surface area contributed by atoms with Gasteiger partial charge in [-0.1, -0.05) is 30.3 Å². The van der Waals surface area contributed by atoms with Gasteiger partial charge >= 0.3 is 0 Å². The Labute approximate surface area is 121 Å². The second kappa shape index (κ2) is 6.68. The summed E-state index contributed by atoms with van der Waals surface area (Å²) < 4.78 is 1.98. The van der Waals surface area contributed by atoms with Gasteiger partial charge in [0.15, 0.2) is 0 Å². The molecule has 0 spiro atoms. The van der Waals surface area contributed by atoms with Crippen LogP contribution in [-0.4, -0.2) is 28.3 Å². The molecule has 1 aromatic carbocycles. The first-order chi connectivity index (χ1) is 9.61. The van der Waals surface area contributed by atoms with Crippen molar-refractivity contribution in [3.63, 3.8) is 0 Å². The van der Waals surface area contributed by atoms with Crippen molar-refractivity contribution in [2.75, 3.05) is 13.6 Å². The summed E-state index contributed by atoms with van der Waals surface area (Å²) in [6.45, 7) is 5.73. The fourth-order valence-corrected chi connectivity index (χ4v) is 2.36. The van der Waals surface area contributed by atoms with E-state index in [2.05, 4.69) is 61.4 Å². The molecule has 1 atom stereocenters. The maximum atomic E-state index is 5.97. The third-order valence-corrected chi connectivity index (χ3v) is 3.57. The number of benzene rings is 1. The molecule has 4 nitrogen and oxygen atoms in total. The van der Waals surface area contributed by atoms with Gasteiger partial charge in [-0.25, -0.2) is 0 Å². The maximum absolute atomic E-state index is 5.97. The lowest BCUT2D eigenvalue weighted by molar-refractivity contribution is 0.241. The largest absolute Gasteiger partial charge is 0.329 e. The van der Waals surface area contributed by atoms with Crippen molar-refractivity contribution in [2.45, 2.75) is 32.5 Å². The molecule has 0 saturated heterocycles. The van der Waals surface area contributed by atoms with Crippen LogP contribution in [0.15, 0.2) is 42.7 Å². The quantitative estimate of drug-likeness (QED) is 0.879. The summed E-state index contributed by atoms with van der Waals surface area (Å²) in [5.74, 6) is 0. The van der Waals surface area contributed by atoms with Gasteiger partial charge in [0.05, 0.1) is 12.2 Å². The van der Waals surface area contributed by atoms with E-state index in [9.17, 15) is 0 Å². The van der Waals surface area contributed by atoms with Gasteiger partial charge in [0.2, 0.25) is 0 Å². The topological polar surface area (TPSA) is 47.1 Å². The van der Waals surface area contributed by atoms with Gasteiger partial charge in [0.1, 0.15) is 0 Å². The first kappa shape index (κ1) is 14.8. The molecule has 20 heavy (non-hydrogen) atoms. The molecule has 0 fully saturated rings. The van der Waals surface area contributed by atoms with Crippen LogP contribution in [-0.2, 0) is 6.54 Å². The Balaban J connectivity index is 2.10. The minimum absolute atomic E-state index is 0.197. The molecule has 0 aliphatic carbocycles. The second-order valence-electron chi connectivity index (χ2n) is 5.50. The Morgan fingerprint density at radius 2 is 1.95 bits per heavy atom. The van der Waals surface area contributed by atoms with Gasteiger partial charge < -0.3 is 5.73 Å². The average molecular weight is 272 g/mol. The van der Waals surface area contributed by atoms with Gasteiger partial charge in [-0.05, 0) is 26.5 Å². The van der Waals surface area contributed by atoms with Crippen LogP contribution >= 0.6 is 0 Å². The number of hydrogen-bond donors (Lipinski definition) is 1. The number of rotatable bonds is 6. The normalized spacial score (nSPS) is 13.1. The van der Waals surface area contributed by atoms with E-state index in [0.29, 0.717) is 12.6 Å². The number of nitrogens with two attached hydrogens (primary N) is 1. The third-order valence-electron chi connectivity index (χ3n) is 3.57. The summed E-state index contributed by atoms with van der Waals surface area (Å²) in [7, 11) is 2.11. The molecular formula is C16H24N4. The van der Waals surface area contributed by atoms with E-state index in [1.165, 1.54) is 11.1 Å². The lowest BCUT2D eigenvalue weighted by atomic mass is 10.1. The highest BCUT2D eigenvalue weighted by Gasteiger charge is 2.17. The van der Waals surface area contributed by atoms with Crippen LogP contribution in [0.4, 0.5) is 0 Å². The minimum Gasteiger partial charge on any atom is -0.329 e. The van der Waals surface area contributed by atoms with Crippen molar-refractivity contribution in [3.05, 3.63) is 53.9 Å². The fraction of sp³-hybridized carbons (Fsp3) is 0.438. The van der Waals surface area contributed by atoms with Crippen LogP contribution in [0.5, 0.6) is 0 Å². The average Bonchev–Trinajstić information content (AvgIpc) is 2.90. The summed E-state index contributed by atoms with van der Waals surface area (Å²) in [6, 6.07) is 11.0. The van der Waals surface area contributed by atoms with E-state index < -0.39 is 0 Å². The maximum Gasteiger partial charge on any atom is 0.0538 e. The monoisotopic (exact) mass is 272 g/mol. The molecule has 0 aliphatic rings. The zero-order valence-corrected chi connectivity index (χ0v) is 12.5. The zero-order valence-electron chi connectivity index (χ0n) is 12.5. The predicted octanol–water partition coefficient (Wildman–Crippen LogP) is 2.60. The summed E-state index contributed by atoms with van der Waals surface area (Å²) >= 11 is 0. The lowest BCUT2D eigenvalue weighted by Crippen LogP contribution is -2.30. The van der Waals surface area contributed by atoms with Crippen LogP contribution in [0.1, 0.15) is 37.1 Å². The highest BCUT2D eigenvalue weighted by molar-refractivity contribution is 5.16. The molecule has 4 heteroatoms. The van der Waals surface area contributed by atoms with Gasteiger partial charge in [-0.2, -0.15) is 5.10 Å². The van der Waals surface area contributed by atoms with Crippen LogP contribution in [0.2, 0.25) is 0 Å². The van der Waals surface area contributed by atoms with Crippen molar-refractivity contribution in [3.8, 4) is 0 Å². The molecule has 1 aromatic heterocycles. The van der Waals surface area contributed by atoms with Crippen LogP contribution in [0.25, 0.3) is 0 Å². The molecule has 1 unspecified atom stereocenters. The molecule has 0 radical (unpaired) electrons. The van der Waals surface area contributed by atoms with Crippen molar-refractivity contribution >= 4 is 0 Å². The predicted molar refractivity (Wildman–Crippen MR) is 82.3 cm³/mol. The van der Waals surface area contributed by atoms with Crippen molar-refractivity contribution < 1.29 is 0 Å². The summed E-state index contributed by atoms with van der Waals surface area (Å²) in [5, 5.41) is 4.41. The molecule has 1 heterocycles. The summed E-state index contributed by atoms with van der Waals surface area (Å²) in [6.07, 6.45) is 4.03. The second-order valence-corrected chi connectivity index (χ2v) is 5.50. The Kier molecular flexibility index (Phi) is 4.93. The Bertz CT molecular complexity index is 518. The molecule has 0 bridgehead atoms. The molecule has 2 rings (SSSR count).